The van der Waals surface area contributed by atoms with Gasteiger partial charge in [0.2, 0.25) is 5.91 Å². The van der Waals surface area contributed by atoms with Crippen molar-refractivity contribution >= 4 is 11.7 Å². The molecule has 1 heterocycles. The molecule has 0 aromatic rings. The zero-order valence-corrected chi connectivity index (χ0v) is 14.2. The van der Waals surface area contributed by atoms with Gasteiger partial charge in [0.05, 0.1) is 6.04 Å². The van der Waals surface area contributed by atoms with Gasteiger partial charge in [-0.15, -0.1) is 0 Å². The number of Topliss-reactive ketones (excluding diaryl/α,β-unsaturated/α-hetero) is 1. The van der Waals surface area contributed by atoms with Crippen LogP contribution in [0, 0.1) is 0 Å². The number of hydrogen-bond acceptors (Lipinski definition) is 3. The quantitative estimate of drug-likeness (QED) is 0.786. The number of carbonyl (C=O) groups excluding carboxylic acids is 2. The summed E-state index contributed by atoms with van der Waals surface area (Å²) < 4.78 is 0. The molecule has 122 valence electrons. The van der Waals surface area contributed by atoms with Gasteiger partial charge in [0, 0.05) is 18.5 Å². The Hall–Kier alpha value is -0.900. The number of amides is 1. The standard InChI is InChI=1S/C17H32N2O2/c1-5-15(6-2)18-17(21)14(4)19-11-9-7-8-10-16(19)12-13(3)20/h14-16H,5-12H2,1-4H3,(H,18,21). The third-order valence-corrected chi connectivity index (χ3v) is 4.65. The molecule has 1 N–H and O–H groups in total. The van der Waals surface area contributed by atoms with E-state index in [0.717, 1.165) is 38.6 Å². The lowest BCUT2D eigenvalue weighted by atomic mass is 10.0. The highest BCUT2D eigenvalue weighted by molar-refractivity contribution is 5.82. The maximum atomic E-state index is 12.5. The summed E-state index contributed by atoms with van der Waals surface area (Å²) in [6.07, 6.45) is 7.01. The van der Waals surface area contributed by atoms with Gasteiger partial charge >= 0.3 is 0 Å². The van der Waals surface area contributed by atoms with Crippen molar-refractivity contribution in [1.82, 2.24) is 10.2 Å². The molecule has 0 saturated carbocycles. The van der Waals surface area contributed by atoms with Gasteiger partial charge in [-0.1, -0.05) is 26.7 Å². The van der Waals surface area contributed by atoms with Crippen molar-refractivity contribution in [2.45, 2.75) is 90.8 Å². The third kappa shape index (κ3) is 5.77. The van der Waals surface area contributed by atoms with Crippen LogP contribution in [0.3, 0.4) is 0 Å². The largest absolute Gasteiger partial charge is 0.352 e. The number of likely N-dealkylation sites (tertiary alicyclic amines) is 1. The van der Waals surface area contributed by atoms with Gasteiger partial charge < -0.3 is 5.32 Å². The van der Waals surface area contributed by atoms with E-state index in [4.69, 9.17) is 0 Å². The maximum absolute atomic E-state index is 12.5. The molecule has 0 aromatic heterocycles. The fourth-order valence-electron chi connectivity index (χ4n) is 3.23. The van der Waals surface area contributed by atoms with Crippen molar-refractivity contribution in [2.75, 3.05) is 6.54 Å². The van der Waals surface area contributed by atoms with Crippen molar-refractivity contribution in [3.05, 3.63) is 0 Å². The molecule has 0 bridgehead atoms. The molecule has 1 amide bonds. The zero-order chi connectivity index (χ0) is 15.8. The van der Waals surface area contributed by atoms with E-state index in [1.165, 1.54) is 6.42 Å². The Labute approximate surface area is 129 Å². The summed E-state index contributed by atoms with van der Waals surface area (Å²) >= 11 is 0. The van der Waals surface area contributed by atoms with Crippen LogP contribution in [0.2, 0.25) is 0 Å². The van der Waals surface area contributed by atoms with E-state index >= 15 is 0 Å². The number of nitrogens with one attached hydrogen (secondary N) is 1. The van der Waals surface area contributed by atoms with Crippen molar-refractivity contribution in [2.24, 2.45) is 0 Å². The van der Waals surface area contributed by atoms with Crippen LogP contribution >= 0.6 is 0 Å². The van der Waals surface area contributed by atoms with Gasteiger partial charge in [-0.25, -0.2) is 0 Å². The van der Waals surface area contributed by atoms with Gasteiger partial charge in [0.25, 0.3) is 0 Å². The van der Waals surface area contributed by atoms with Crippen LogP contribution in [0.25, 0.3) is 0 Å². The number of hydrogen-bond donors (Lipinski definition) is 1. The van der Waals surface area contributed by atoms with Gasteiger partial charge in [0.15, 0.2) is 0 Å². The molecule has 4 nitrogen and oxygen atoms in total. The van der Waals surface area contributed by atoms with E-state index in [2.05, 4.69) is 24.1 Å². The summed E-state index contributed by atoms with van der Waals surface area (Å²) in [5, 5.41) is 3.14. The predicted molar refractivity (Wildman–Crippen MR) is 86.2 cm³/mol. The Morgan fingerprint density at radius 3 is 2.43 bits per heavy atom. The molecule has 21 heavy (non-hydrogen) atoms. The zero-order valence-electron chi connectivity index (χ0n) is 14.2. The Kier molecular flexibility index (Phi) is 7.94. The fourth-order valence-corrected chi connectivity index (χ4v) is 3.23. The highest BCUT2D eigenvalue weighted by Gasteiger charge is 2.30. The summed E-state index contributed by atoms with van der Waals surface area (Å²) in [6.45, 7) is 8.76. The van der Waals surface area contributed by atoms with Gasteiger partial charge in [0.1, 0.15) is 5.78 Å². The SMILES string of the molecule is CCC(CC)NC(=O)C(C)N1CCCCCC1CC(C)=O. The number of rotatable bonds is 7. The molecule has 1 aliphatic rings. The lowest BCUT2D eigenvalue weighted by Crippen LogP contribution is -2.51. The summed E-state index contributed by atoms with van der Waals surface area (Å²) in [6, 6.07) is 0.346. The van der Waals surface area contributed by atoms with Crippen molar-refractivity contribution in [1.29, 1.82) is 0 Å². The fraction of sp³-hybridized carbons (Fsp3) is 0.882. The lowest BCUT2D eigenvalue weighted by Gasteiger charge is -2.34. The van der Waals surface area contributed by atoms with Crippen molar-refractivity contribution in [3.63, 3.8) is 0 Å². The first-order valence-corrected chi connectivity index (χ1v) is 8.55. The second kappa shape index (κ2) is 9.19. The third-order valence-electron chi connectivity index (χ3n) is 4.65. The van der Waals surface area contributed by atoms with E-state index in [0.29, 0.717) is 6.42 Å². The van der Waals surface area contributed by atoms with Gasteiger partial charge in [-0.05, 0) is 46.1 Å². The Balaban J connectivity index is 2.71. The Morgan fingerprint density at radius 2 is 1.86 bits per heavy atom. The van der Waals surface area contributed by atoms with Crippen LogP contribution in [0.1, 0.15) is 72.6 Å². The molecular formula is C17H32N2O2. The summed E-state index contributed by atoms with van der Waals surface area (Å²) in [5.41, 5.74) is 0. The molecule has 4 heteroatoms. The molecule has 2 unspecified atom stereocenters. The van der Waals surface area contributed by atoms with Gasteiger partial charge in [-0.3, -0.25) is 14.5 Å². The minimum absolute atomic E-state index is 0.110. The molecule has 2 atom stereocenters. The molecule has 0 aromatic carbocycles. The first kappa shape index (κ1) is 18.1. The molecule has 1 saturated heterocycles. The lowest BCUT2D eigenvalue weighted by molar-refractivity contribution is -0.129. The number of carbonyl (C=O) groups is 2. The molecule has 0 radical (unpaired) electrons. The maximum Gasteiger partial charge on any atom is 0.237 e. The van der Waals surface area contributed by atoms with Crippen LogP contribution in [0.15, 0.2) is 0 Å². The van der Waals surface area contributed by atoms with E-state index < -0.39 is 0 Å². The first-order valence-electron chi connectivity index (χ1n) is 8.55. The average molecular weight is 296 g/mol. The molecule has 1 aliphatic heterocycles. The Bertz CT molecular complexity index is 340. The molecular weight excluding hydrogens is 264 g/mol. The molecule has 1 fully saturated rings. The second-order valence-electron chi connectivity index (χ2n) is 6.35. The summed E-state index contributed by atoms with van der Waals surface area (Å²) in [7, 11) is 0. The minimum Gasteiger partial charge on any atom is -0.352 e. The van der Waals surface area contributed by atoms with Crippen LogP contribution in [-0.4, -0.2) is 41.3 Å². The predicted octanol–water partition coefficient (Wildman–Crippen LogP) is 2.90. The topological polar surface area (TPSA) is 49.4 Å². The first-order chi connectivity index (χ1) is 9.99. The molecule has 0 spiro atoms. The number of nitrogens with zero attached hydrogens (tertiary/aromatic N) is 1. The van der Waals surface area contributed by atoms with E-state index in [9.17, 15) is 9.59 Å². The smallest absolute Gasteiger partial charge is 0.237 e. The van der Waals surface area contributed by atoms with Crippen molar-refractivity contribution in [3.8, 4) is 0 Å². The minimum atomic E-state index is -0.145. The summed E-state index contributed by atoms with van der Waals surface area (Å²) in [5.74, 6) is 0.332. The van der Waals surface area contributed by atoms with E-state index in [1.54, 1.807) is 6.92 Å². The van der Waals surface area contributed by atoms with Crippen LogP contribution in [0.4, 0.5) is 0 Å². The normalized spacial score (nSPS) is 21.9. The van der Waals surface area contributed by atoms with Crippen LogP contribution < -0.4 is 5.32 Å². The van der Waals surface area contributed by atoms with Gasteiger partial charge in [-0.2, -0.15) is 0 Å². The average Bonchev–Trinajstić information content (AvgIpc) is 2.68. The van der Waals surface area contributed by atoms with Crippen LogP contribution in [-0.2, 0) is 9.59 Å². The Morgan fingerprint density at radius 1 is 1.19 bits per heavy atom. The monoisotopic (exact) mass is 296 g/mol. The second-order valence-corrected chi connectivity index (χ2v) is 6.35. The number of ketones is 1. The van der Waals surface area contributed by atoms with E-state index in [1.807, 2.05) is 6.92 Å². The highest BCUT2D eigenvalue weighted by Crippen LogP contribution is 2.22. The summed E-state index contributed by atoms with van der Waals surface area (Å²) in [4.78, 5) is 26.2. The molecule has 1 rings (SSSR count). The highest BCUT2D eigenvalue weighted by atomic mass is 16.2. The van der Waals surface area contributed by atoms with Crippen LogP contribution in [0.5, 0.6) is 0 Å². The van der Waals surface area contributed by atoms with E-state index in [-0.39, 0.29) is 29.8 Å². The molecule has 0 aliphatic carbocycles. The van der Waals surface area contributed by atoms with Crippen molar-refractivity contribution < 1.29 is 9.59 Å².